The molecule has 1 saturated heterocycles. The molecule has 3 amide bonds. The largest absolute Gasteiger partial charge is 0.399 e. The summed E-state index contributed by atoms with van der Waals surface area (Å²) >= 11 is 0. The van der Waals surface area contributed by atoms with Crippen LogP contribution in [-0.2, 0) is 11.3 Å². The fourth-order valence-corrected chi connectivity index (χ4v) is 2.29. The highest BCUT2D eigenvalue weighted by Crippen LogP contribution is 2.08. The molecule has 1 aromatic rings. The molecule has 0 unspecified atom stereocenters. The number of nitrogens with two attached hydrogens (primary N) is 1. The summed E-state index contributed by atoms with van der Waals surface area (Å²) in [5.41, 5.74) is 7.24. The molecule has 0 spiro atoms. The minimum Gasteiger partial charge on any atom is -0.399 e. The van der Waals surface area contributed by atoms with Gasteiger partial charge >= 0.3 is 6.03 Å². The maximum absolute atomic E-state index is 11.9. The van der Waals surface area contributed by atoms with Crippen LogP contribution in [0.1, 0.15) is 24.8 Å². The zero-order chi connectivity index (χ0) is 15.1. The first-order valence-electron chi connectivity index (χ1n) is 7.29. The van der Waals surface area contributed by atoms with Crippen LogP contribution in [0, 0.1) is 0 Å². The van der Waals surface area contributed by atoms with E-state index >= 15 is 0 Å². The van der Waals surface area contributed by atoms with E-state index in [0.29, 0.717) is 12.2 Å². The predicted molar refractivity (Wildman–Crippen MR) is 81.5 cm³/mol. The third-order valence-electron chi connectivity index (χ3n) is 3.54. The van der Waals surface area contributed by atoms with Crippen molar-refractivity contribution >= 4 is 17.6 Å². The number of anilines is 1. The van der Waals surface area contributed by atoms with Gasteiger partial charge < -0.3 is 21.3 Å². The molecule has 0 atom stereocenters. The maximum atomic E-state index is 11.9. The number of piperidine rings is 1. The number of hydrogen-bond acceptors (Lipinski definition) is 3. The summed E-state index contributed by atoms with van der Waals surface area (Å²) in [4.78, 5) is 25.3. The molecule has 1 aromatic carbocycles. The first-order valence-corrected chi connectivity index (χ1v) is 7.29. The second kappa shape index (κ2) is 7.52. The Kier molecular flexibility index (Phi) is 5.43. The van der Waals surface area contributed by atoms with Gasteiger partial charge in [-0.3, -0.25) is 4.79 Å². The van der Waals surface area contributed by atoms with E-state index in [1.165, 1.54) is 6.42 Å². The fourth-order valence-electron chi connectivity index (χ4n) is 2.29. The van der Waals surface area contributed by atoms with Gasteiger partial charge in [-0.1, -0.05) is 12.1 Å². The molecule has 4 N–H and O–H groups in total. The van der Waals surface area contributed by atoms with Crippen LogP contribution in [-0.4, -0.2) is 36.5 Å². The Labute approximate surface area is 124 Å². The summed E-state index contributed by atoms with van der Waals surface area (Å²) in [7, 11) is 0. The van der Waals surface area contributed by atoms with Crippen molar-refractivity contribution in [3.05, 3.63) is 29.8 Å². The van der Waals surface area contributed by atoms with Crippen molar-refractivity contribution in [2.45, 2.75) is 25.8 Å². The van der Waals surface area contributed by atoms with E-state index in [-0.39, 0.29) is 18.5 Å². The lowest BCUT2D eigenvalue weighted by Gasteiger charge is -2.26. The monoisotopic (exact) mass is 290 g/mol. The van der Waals surface area contributed by atoms with Crippen molar-refractivity contribution in [2.24, 2.45) is 0 Å². The molecule has 1 aliphatic rings. The van der Waals surface area contributed by atoms with E-state index in [1.807, 2.05) is 17.0 Å². The lowest BCUT2D eigenvalue weighted by atomic mass is 10.1. The van der Waals surface area contributed by atoms with E-state index in [1.54, 1.807) is 12.1 Å². The zero-order valence-corrected chi connectivity index (χ0v) is 12.1. The summed E-state index contributed by atoms with van der Waals surface area (Å²) in [6.45, 7) is 2.05. The first kappa shape index (κ1) is 15.2. The molecule has 6 nitrogen and oxygen atoms in total. The molecule has 2 rings (SSSR count). The number of rotatable bonds is 4. The summed E-state index contributed by atoms with van der Waals surface area (Å²) in [5.74, 6) is -0.0164. The Morgan fingerprint density at radius 1 is 1.05 bits per heavy atom. The number of nitrogens with one attached hydrogen (secondary N) is 2. The molecular weight excluding hydrogens is 268 g/mol. The van der Waals surface area contributed by atoms with Gasteiger partial charge in [-0.05, 0) is 37.0 Å². The SMILES string of the molecule is Nc1ccc(CNC(=O)NCC(=O)N2CCCCC2)cc1. The van der Waals surface area contributed by atoms with Crippen LogP contribution in [0.5, 0.6) is 0 Å². The predicted octanol–water partition coefficient (Wildman–Crippen LogP) is 1.08. The number of benzene rings is 1. The number of carbonyl (C=O) groups excluding carboxylic acids is 2. The normalized spacial score (nSPS) is 14.6. The van der Waals surface area contributed by atoms with Gasteiger partial charge in [0, 0.05) is 25.3 Å². The number of nitrogen functional groups attached to an aromatic ring is 1. The van der Waals surface area contributed by atoms with Crippen molar-refractivity contribution in [1.82, 2.24) is 15.5 Å². The van der Waals surface area contributed by atoms with E-state index in [4.69, 9.17) is 5.73 Å². The molecular formula is C15H22N4O2. The minimum atomic E-state index is -0.336. The molecule has 0 aromatic heterocycles. The molecule has 6 heteroatoms. The number of urea groups is 1. The minimum absolute atomic E-state index is 0.0164. The second-order valence-corrected chi connectivity index (χ2v) is 5.22. The lowest BCUT2D eigenvalue weighted by molar-refractivity contribution is -0.130. The van der Waals surface area contributed by atoms with Crippen LogP contribution < -0.4 is 16.4 Å². The van der Waals surface area contributed by atoms with Gasteiger partial charge in [0.05, 0.1) is 6.54 Å². The number of hydrogen-bond donors (Lipinski definition) is 3. The van der Waals surface area contributed by atoms with Crippen molar-refractivity contribution in [3.8, 4) is 0 Å². The maximum Gasteiger partial charge on any atom is 0.315 e. The highest BCUT2D eigenvalue weighted by Gasteiger charge is 2.16. The molecule has 1 fully saturated rings. The third kappa shape index (κ3) is 4.98. The average molecular weight is 290 g/mol. The van der Waals surface area contributed by atoms with Crippen LogP contribution in [0.15, 0.2) is 24.3 Å². The van der Waals surface area contributed by atoms with Gasteiger partial charge in [0.15, 0.2) is 0 Å². The molecule has 114 valence electrons. The average Bonchev–Trinajstić information content (AvgIpc) is 2.53. The molecule has 0 saturated carbocycles. The standard InChI is InChI=1S/C15H22N4O2/c16-13-6-4-12(5-7-13)10-17-15(21)18-11-14(20)19-8-2-1-3-9-19/h4-7H,1-3,8-11,16H2,(H2,17,18,21). The third-order valence-corrected chi connectivity index (χ3v) is 3.54. The van der Waals surface area contributed by atoms with Gasteiger partial charge in [0.25, 0.3) is 0 Å². The summed E-state index contributed by atoms with van der Waals surface area (Å²) in [5, 5.41) is 5.31. The Bertz CT molecular complexity index is 481. The fraction of sp³-hybridized carbons (Fsp3) is 0.467. The van der Waals surface area contributed by atoms with Gasteiger partial charge in [0.2, 0.25) is 5.91 Å². The topological polar surface area (TPSA) is 87.5 Å². The van der Waals surface area contributed by atoms with Crippen LogP contribution in [0.4, 0.5) is 10.5 Å². The Morgan fingerprint density at radius 3 is 2.38 bits per heavy atom. The summed E-state index contributed by atoms with van der Waals surface area (Å²) < 4.78 is 0. The zero-order valence-electron chi connectivity index (χ0n) is 12.1. The number of carbonyl (C=O) groups is 2. The smallest absolute Gasteiger partial charge is 0.315 e. The Hall–Kier alpha value is -2.24. The van der Waals surface area contributed by atoms with Crippen molar-refractivity contribution in [3.63, 3.8) is 0 Å². The quantitative estimate of drug-likeness (QED) is 0.725. The lowest BCUT2D eigenvalue weighted by Crippen LogP contribution is -2.45. The van der Waals surface area contributed by atoms with Crippen molar-refractivity contribution < 1.29 is 9.59 Å². The number of nitrogens with zero attached hydrogens (tertiary/aromatic N) is 1. The Balaban J connectivity index is 1.67. The highest BCUT2D eigenvalue weighted by molar-refractivity contribution is 5.84. The van der Waals surface area contributed by atoms with E-state index in [9.17, 15) is 9.59 Å². The second-order valence-electron chi connectivity index (χ2n) is 5.22. The van der Waals surface area contributed by atoms with Crippen molar-refractivity contribution in [1.29, 1.82) is 0 Å². The Morgan fingerprint density at radius 2 is 1.71 bits per heavy atom. The molecule has 0 aliphatic carbocycles. The summed E-state index contributed by atoms with van der Waals surface area (Å²) in [6, 6.07) is 6.95. The highest BCUT2D eigenvalue weighted by atomic mass is 16.2. The molecule has 21 heavy (non-hydrogen) atoms. The van der Waals surface area contributed by atoms with Crippen LogP contribution in [0.25, 0.3) is 0 Å². The van der Waals surface area contributed by atoms with E-state index < -0.39 is 0 Å². The number of amides is 3. The number of likely N-dealkylation sites (tertiary alicyclic amines) is 1. The molecule has 0 radical (unpaired) electrons. The van der Waals surface area contributed by atoms with Crippen molar-refractivity contribution in [2.75, 3.05) is 25.4 Å². The van der Waals surface area contributed by atoms with Crippen LogP contribution in [0.3, 0.4) is 0 Å². The summed E-state index contributed by atoms with van der Waals surface area (Å²) in [6.07, 6.45) is 3.28. The molecule has 0 bridgehead atoms. The van der Waals surface area contributed by atoms with Gasteiger partial charge in [0.1, 0.15) is 0 Å². The van der Waals surface area contributed by atoms with Gasteiger partial charge in [-0.2, -0.15) is 0 Å². The first-order chi connectivity index (χ1) is 10.1. The van der Waals surface area contributed by atoms with E-state index in [2.05, 4.69) is 10.6 Å². The van der Waals surface area contributed by atoms with Crippen LogP contribution in [0.2, 0.25) is 0 Å². The van der Waals surface area contributed by atoms with E-state index in [0.717, 1.165) is 31.5 Å². The molecule has 1 heterocycles. The van der Waals surface area contributed by atoms with Gasteiger partial charge in [-0.25, -0.2) is 4.79 Å². The van der Waals surface area contributed by atoms with Gasteiger partial charge in [-0.15, -0.1) is 0 Å². The molecule has 1 aliphatic heterocycles. The van der Waals surface area contributed by atoms with Crippen LogP contribution >= 0.6 is 0 Å².